The highest BCUT2D eigenvalue weighted by Gasteiger charge is 2.56. The van der Waals surface area contributed by atoms with E-state index in [1.165, 1.54) is 5.57 Å². The third kappa shape index (κ3) is 3.95. The molecule has 0 spiro atoms. The van der Waals surface area contributed by atoms with Gasteiger partial charge in [-0.25, -0.2) is 0 Å². The molecule has 0 radical (unpaired) electrons. The Morgan fingerprint density at radius 3 is 2.65 bits per heavy atom. The van der Waals surface area contributed by atoms with E-state index in [1.807, 2.05) is 0 Å². The van der Waals surface area contributed by atoms with Crippen molar-refractivity contribution in [3.05, 3.63) is 42.2 Å². The van der Waals surface area contributed by atoms with E-state index in [0.717, 1.165) is 38.5 Å². The summed E-state index contributed by atoms with van der Waals surface area (Å²) in [7, 11) is 0. The van der Waals surface area contributed by atoms with Crippen molar-refractivity contribution in [2.45, 2.75) is 64.9 Å². The standard InChI is InChI=1S/C26H38N2O3/c1-17-4-5-22-21(15-28-24(31)18-8-12-27-13-9-18)23(7-11-25(17,22)2)26(3)10-6-20(30)14-19(26)16-29/h8-9,12-13,19-23,29-30H,1,4-7,10-11,14-16H2,2-3H3,(H,28,31)/t19-,20+,21+,22+,23+,25-,26-/m1/s1. The van der Waals surface area contributed by atoms with Gasteiger partial charge in [-0.3, -0.25) is 9.78 Å². The molecule has 0 unspecified atom stereocenters. The number of carbonyl (C=O) groups is 1. The van der Waals surface area contributed by atoms with E-state index in [2.05, 4.69) is 30.7 Å². The molecule has 3 N–H and O–H groups in total. The summed E-state index contributed by atoms with van der Waals surface area (Å²) in [6, 6.07) is 3.50. The molecule has 0 aromatic carbocycles. The number of aliphatic hydroxyl groups is 2. The van der Waals surface area contributed by atoms with Crippen LogP contribution in [0.25, 0.3) is 0 Å². The van der Waals surface area contributed by atoms with Crippen LogP contribution >= 0.6 is 0 Å². The Hall–Kier alpha value is -1.72. The molecule has 170 valence electrons. The predicted molar refractivity (Wildman–Crippen MR) is 121 cm³/mol. The lowest BCUT2D eigenvalue weighted by molar-refractivity contribution is -0.0928. The van der Waals surface area contributed by atoms with Crippen LogP contribution in [0.2, 0.25) is 0 Å². The topological polar surface area (TPSA) is 82.5 Å². The molecule has 3 fully saturated rings. The van der Waals surface area contributed by atoms with E-state index in [-0.39, 0.29) is 35.4 Å². The Morgan fingerprint density at radius 2 is 1.94 bits per heavy atom. The summed E-state index contributed by atoms with van der Waals surface area (Å²) >= 11 is 0. The van der Waals surface area contributed by atoms with Crippen LogP contribution in [0, 0.1) is 34.5 Å². The summed E-state index contributed by atoms with van der Waals surface area (Å²) in [5, 5.41) is 23.7. The molecule has 1 heterocycles. The highest BCUT2D eigenvalue weighted by molar-refractivity contribution is 5.93. The van der Waals surface area contributed by atoms with Crippen LogP contribution in [0.15, 0.2) is 36.7 Å². The summed E-state index contributed by atoms with van der Waals surface area (Å²) in [4.78, 5) is 16.8. The van der Waals surface area contributed by atoms with Gasteiger partial charge in [0.1, 0.15) is 0 Å². The van der Waals surface area contributed by atoms with Gasteiger partial charge < -0.3 is 15.5 Å². The summed E-state index contributed by atoms with van der Waals surface area (Å²) in [6.45, 7) is 9.88. The Morgan fingerprint density at radius 1 is 1.19 bits per heavy atom. The molecular formula is C26H38N2O3. The van der Waals surface area contributed by atoms with Crippen LogP contribution in [0.1, 0.15) is 69.2 Å². The van der Waals surface area contributed by atoms with Crippen molar-refractivity contribution < 1.29 is 15.0 Å². The van der Waals surface area contributed by atoms with Gasteiger partial charge in [0.25, 0.3) is 5.91 Å². The second kappa shape index (κ2) is 8.67. The van der Waals surface area contributed by atoms with E-state index in [0.29, 0.717) is 36.3 Å². The fourth-order valence-electron chi connectivity index (χ4n) is 7.28. The van der Waals surface area contributed by atoms with Gasteiger partial charge in [0.15, 0.2) is 0 Å². The number of amides is 1. The number of hydrogen-bond acceptors (Lipinski definition) is 4. The van der Waals surface area contributed by atoms with Crippen LogP contribution in [-0.2, 0) is 0 Å². The number of hydrogen-bond donors (Lipinski definition) is 3. The first-order valence-electron chi connectivity index (χ1n) is 11.9. The first-order valence-corrected chi connectivity index (χ1v) is 11.9. The molecular weight excluding hydrogens is 388 g/mol. The quantitative estimate of drug-likeness (QED) is 0.622. The van der Waals surface area contributed by atoms with E-state index in [9.17, 15) is 15.0 Å². The molecule has 5 nitrogen and oxygen atoms in total. The average Bonchev–Trinajstić information content (AvgIpc) is 3.08. The molecule has 0 bridgehead atoms. The fourth-order valence-corrected chi connectivity index (χ4v) is 7.28. The maximum Gasteiger partial charge on any atom is 0.251 e. The Labute approximate surface area is 186 Å². The number of rotatable bonds is 5. The van der Waals surface area contributed by atoms with Gasteiger partial charge in [-0.2, -0.15) is 0 Å². The summed E-state index contributed by atoms with van der Waals surface area (Å²) in [5.74, 6) is 1.32. The van der Waals surface area contributed by atoms with Crippen LogP contribution < -0.4 is 5.32 Å². The SMILES string of the molecule is C=C1CC[C@H]2[C@H](CNC(=O)c3ccncc3)[C@@H]([C@]3(C)CC[C@H](O)C[C@@H]3CO)CC[C@]12C. The molecule has 0 saturated heterocycles. The van der Waals surface area contributed by atoms with Crippen LogP contribution in [-0.4, -0.2) is 40.4 Å². The predicted octanol–water partition coefficient (Wildman–Crippen LogP) is 3.97. The van der Waals surface area contributed by atoms with E-state index in [1.54, 1.807) is 24.5 Å². The number of aliphatic hydroxyl groups excluding tert-OH is 2. The molecule has 3 aliphatic carbocycles. The normalized spacial score (nSPS) is 40.4. The van der Waals surface area contributed by atoms with Crippen molar-refractivity contribution in [1.29, 1.82) is 0 Å². The summed E-state index contributed by atoms with van der Waals surface area (Å²) in [6.07, 6.45) is 9.82. The Bertz CT molecular complexity index is 812. The van der Waals surface area contributed by atoms with Crippen molar-refractivity contribution in [3.8, 4) is 0 Å². The minimum atomic E-state index is -0.310. The van der Waals surface area contributed by atoms with Gasteiger partial charge in [0.05, 0.1) is 6.10 Å². The second-order valence-electron chi connectivity index (χ2n) is 10.7. The third-order valence-corrected chi connectivity index (χ3v) is 9.41. The smallest absolute Gasteiger partial charge is 0.251 e. The van der Waals surface area contributed by atoms with Crippen molar-refractivity contribution >= 4 is 5.91 Å². The number of fused-ring (bicyclic) bond motifs is 1. The van der Waals surface area contributed by atoms with Crippen LogP contribution in [0.4, 0.5) is 0 Å². The first kappa shape index (κ1) is 22.5. The lowest BCUT2D eigenvalue weighted by atomic mass is 9.49. The summed E-state index contributed by atoms with van der Waals surface area (Å²) < 4.78 is 0. The van der Waals surface area contributed by atoms with Crippen molar-refractivity contribution in [1.82, 2.24) is 10.3 Å². The van der Waals surface area contributed by atoms with Crippen LogP contribution in [0.3, 0.4) is 0 Å². The largest absolute Gasteiger partial charge is 0.396 e. The highest BCUT2D eigenvalue weighted by atomic mass is 16.3. The molecule has 5 heteroatoms. The number of aromatic nitrogens is 1. The zero-order valence-electron chi connectivity index (χ0n) is 19.0. The highest BCUT2D eigenvalue weighted by Crippen LogP contribution is 2.63. The molecule has 1 aromatic rings. The van der Waals surface area contributed by atoms with Crippen molar-refractivity contribution in [2.75, 3.05) is 13.2 Å². The molecule has 31 heavy (non-hydrogen) atoms. The molecule has 4 rings (SSSR count). The Kier molecular flexibility index (Phi) is 6.28. The van der Waals surface area contributed by atoms with Gasteiger partial charge in [-0.15, -0.1) is 0 Å². The molecule has 1 aromatic heterocycles. The van der Waals surface area contributed by atoms with Crippen molar-refractivity contribution in [2.24, 2.45) is 34.5 Å². The number of allylic oxidation sites excluding steroid dienone is 1. The minimum Gasteiger partial charge on any atom is -0.396 e. The van der Waals surface area contributed by atoms with Gasteiger partial charge in [0, 0.05) is 31.1 Å². The maximum absolute atomic E-state index is 12.8. The lowest BCUT2D eigenvalue weighted by Crippen LogP contribution is -2.53. The van der Waals surface area contributed by atoms with Gasteiger partial charge in [-0.1, -0.05) is 26.0 Å². The third-order valence-electron chi connectivity index (χ3n) is 9.41. The Balaban J connectivity index is 1.60. The average molecular weight is 427 g/mol. The monoisotopic (exact) mass is 426 g/mol. The van der Waals surface area contributed by atoms with Gasteiger partial charge >= 0.3 is 0 Å². The molecule has 3 saturated carbocycles. The summed E-state index contributed by atoms with van der Waals surface area (Å²) in [5.41, 5.74) is 2.12. The molecule has 3 aliphatic rings. The van der Waals surface area contributed by atoms with E-state index >= 15 is 0 Å². The van der Waals surface area contributed by atoms with E-state index in [4.69, 9.17) is 0 Å². The number of carbonyl (C=O) groups excluding carboxylic acids is 1. The number of nitrogens with zero attached hydrogens (tertiary/aromatic N) is 1. The molecule has 1 amide bonds. The number of nitrogens with one attached hydrogen (secondary N) is 1. The number of pyridine rings is 1. The van der Waals surface area contributed by atoms with Crippen LogP contribution in [0.5, 0.6) is 0 Å². The van der Waals surface area contributed by atoms with Gasteiger partial charge in [0.2, 0.25) is 0 Å². The lowest BCUT2D eigenvalue weighted by Gasteiger charge is -2.56. The zero-order chi connectivity index (χ0) is 22.2. The second-order valence-corrected chi connectivity index (χ2v) is 10.7. The fraction of sp³-hybridized carbons (Fsp3) is 0.692. The van der Waals surface area contributed by atoms with Gasteiger partial charge in [-0.05, 0) is 91.6 Å². The molecule has 0 aliphatic heterocycles. The zero-order valence-corrected chi connectivity index (χ0v) is 19.0. The van der Waals surface area contributed by atoms with E-state index < -0.39 is 0 Å². The minimum absolute atomic E-state index is 0.0225. The first-order chi connectivity index (χ1) is 14.8. The van der Waals surface area contributed by atoms with Crippen molar-refractivity contribution in [3.63, 3.8) is 0 Å². The molecule has 7 atom stereocenters. The maximum atomic E-state index is 12.8.